The normalized spacial score (nSPS) is 24.3. The third kappa shape index (κ3) is 3.37. The topological polar surface area (TPSA) is 128 Å². The van der Waals surface area contributed by atoms with Crippen molar-refractivity contribution in [2.45, 2.75) is 31.7 Å². The molecule has 0 bridgehead atoms. The lowest BCUT2D eigenvalue weighted by molar-refractivity contribution is -0.0270. The van der Waals surface area contributed by atoms with Crippen molar-refractivity contribution >= 4 is 5.82 Å². The van der Waals surface area contributed by atoms with Gasteiger partial charge in [0.25, 0.3) is 0 Å². The fourth-order valence-corrected chi connectivity index (χ4v) is 2.34. The minimum absolute atomic E-state index is 0.276. The highest BCUT2D eigenvalue weighted by Gasteiger charge is 2.35. The van der Waals surface area contributed by atoms with Gasteiger partial charge in [0.2, 0.25) is 0 Å². The number of rotatable bonds is 5. The Morgan fingerprint density at radius 1 is 1.68 bits per heavy atom. The van der Waals surface area contributed by atoms with E-state index in [0.717, 1.165) is 5.56 Å². The van der Waals surface area contributed by atoms with Gasteiger partial charge in [0.05, 0.1) is 18.8 Å². The van der Waals surface area contributed by atoms with E-state index in [-0.39, 0.29) is 6.61 Å². The third-order valence-electron chi connectivity index (χ3n) is 3.36. The lowest BCUT2D eigenvalue weighted by Crippen LogP contribution is -2.30. The van der Waals surface area contributed by atoms with Gasteiger partial charge in [-0.25, -0.2) is 9.80 Å². The van der Waals surface area contributed by atoms with Gasteiger partial charge < -0.3 is 15.3 Å². The van der Waals surface area contributed by atoms with Crippen molar-refractivity contribution in [1.29, 1.82) is 0 Å². The Balaban J connectivity index is 2.28. The Hall–Kier alpha value is -2.13. The molecule has 1 aliphatic heterocycles. The molecular formula is C12H19N7O3. The van der Waals surface area contributed by atoms with Crippen molar-refractivity contribution in [3.63, 3.8) is 0 Å². The minimum Gasteiger partial charge on any atom is -0.394 e. The number of nitrogens with one attached hydrogen (secondary N) is 1. The average molecular weight is 309 g/mol. The summed E-state index contributed by atoms with van der Waals surface area (Å²) in [6, 6.07) is -0.508. The molecule has 0 amide bonds. The number of aliphatic hydroxyl groups is 1. The van der Waals surface area contributed by atoms with Crippen LogP contribution in [0.2, 0.25) is 0 Å². The summed E-state index contributed by atoms with van der Waals surface area (Å²) in [5, 5.41) is 14.6. The second-order valence-electron chi connectivity index (χ2n) is 5.29. The van der Waals surface area contributed by atoms with E-state index >= 15 is 0 Å². The first-order valence-electron chi connectivity index (χ1n) is 6.80. The number of azide groups is 1. The van der Waals surface area contributed by atoms with Crippen LogP contribution in [0.5, 0.6) is 0 Å². The summed E-state index contributed by atoms with van der Waals surface area (Å²) in [6.07, 6.45) is 0.725. The lowest BCUT2D eigenvalue weighted by atomic mass is 10.1. The first kappa shape index (κ1) is 16.2. The van der Waals surface area contributed by atoms with Crippen molar-refractivity contribution in [3.05, 3.63) is 32.7 Å². The molecule has 0 aliphatic carbocycles. The Morgan fingerprint density at radius 3 is 3.00 bits per heavy atom. The van der Waals surface area contributed by atoms with E-state index in [0.29, 0.717) is 12.2 Å². The quantitative estimate of drug-likeness (QED) is 0.350. The van der Waals surface area contributed by atoms with E-state index < -0.39 is 24.1 Å². The smallest absolute Gasteiger partial charge is 0.351 e. The molecule has 2 rings (SSSR count). The Labute approximate surface area is 126 Å². The molecular weight excluding hydrogens is 290 g/mol. The molecule has 1 aliphatic rings. The van der Waals surface area contributed by atoms with Crippen LogP contribution in [-0.2, 0) is 4.74 Å². The monoisotopic (exact) mass is 309 g/mol. The number of hydrogen-bond donors (Lipinski definition) is 2. The Bertz CT molecular complexity index is 638. The van der Waals surface area contributed by atoms with E-state index in [1.165, 1.54) is 4.57 Å². The molecule has 10 heteroatoms. The maximum Gasteiger partial charge on any atom is 0.351 e. The van der Waals surface area contributed by atoms with Crippen molar-refractivity contribution in [2.75, 3.05) is 26.1 Å². The molecule has 2 N–H and O–H groups in total. The van der Waals surface area contributed by atoms with Gasteiger partial charge in [-0.15, -0.1) is 0 Å². The van der Waals surface area contributed by atoms with E-state index in [1.54, 1.807) is 25.3 Å². The molecule has 1 fully saturated rings. The van der Waals surface area contributed by atoms with E-state index in [2.05, 4.69) is 20.4 Å². The number of hydrogen-bond acceptors (Lipinski definition) is 7. The summed E-state index contributed by atoms with van der Waals surface area (Å²) in [7, 11) is 3.59. The molecule has 10 nitrogen and oxygen atoms in total. The van der Waals surface area contributed by atoms with Gasteiger partial charge in [0.15, 0.2) is 5.82 Å². The number of anilines is 1. The van der Waals surface area contributed by atoms with Crippen LogP contribution >= 0.6 is 0 Å². The van der Waals surface area contributed by atoms with Gasteiger partial charge >= 0.3 is 5.69 Å². The molecule has 0 aromatic carbocycles. The highest BCUT2D eigenvalue weighted by atomic mass is 16.5. The highest BCUT2D eigenvalue weighted by Crippen LogP contribution is 2.30. The summed E-state index contributed by atoms with van der Waals surface area (Å²) in [5.41, 5.74) is 11.8. The van der Waals surface area contributed by atoms with Crippen LogP contribution in [0.25, 0.3) is 10.4 Å². The molecule has 1 saturated heterocycles. The van der Waals surface area contributed by atoms with Crippen molar-refractivity contribution in [3.8, 4) is 0 Å². The predicted octanol–water partition coefficient (Wildman–Crippen LogP) is 0.399. The van der Waals surface area contributed by atoms with Crippen LogP contribution in [0.4, 0.5) is 5.82 Å². The zero-order valence-electron chi connectivity index (χ0n) is 12.7. The number of hydrazine groups is 1. The summed E-state index contributed by atoms with van der Waals surface area (Å²) in [6.45, 7) is 1.54. The molecule has 22 heavy (non-hydrogen) atoms. The predicted molar refractivity (Wildman–Crippen MR) is 79.1 cm³/mol. The van der Waals surface area contributed by atoms with Crippen LogP contribution < -0.4 is 11.1 Å². The molecule has 1 aromatic heterocycles. The summed E-state index contributed by atoms with van der Waals surface area (Å²) in [5.74, 6) is 0.467. The van der Waals surface area contributed by atoms with Gasteiger partial charge in [0.1, 0.15) is 6.23 Å². The van der Waals surface area contributed by atoms with Crippen LogP contribution in [0.3, 0.4) is 0 Å². The van der Waals surface area contributed by atoms with Gasteiger partial charge in [-0.05, 0) is 12.5 Å². The second kappa shape index (κ2) is 6.75. The first-order chi connectivity index (χ1) is 10.5. The fraction of sp³-hybridized carbons (Fsp3) is 0.667. The zero-order valence-corrected chi connectivity index (χ0v) is 12.7. The molecule has 0 saturated carbocycles. The van der Waals surface area contributed by atoms with Gasteiger partial charge in [-0.1, -0.05) is 5.11 Å². The third-order valence-corrected chi connectivity index (χ3v) is 3.36. The van der Waals surface area contributed by atoms with E-state index in [9.17, 15) is 9.90 Å². The number of nitrogens with zero attached hydrogens (tertiary/aromatic N) is 6. The average Bonchev–Trinajstić information content (AvgIpc) is 2.85. The van der Waals surface area contributed by atoms with E-state index in [4.69, 9.17) is 10.3 Å². The first-order valence-corrected chi connectivity index (χ1v) is 6.80. The zero-order chi connectivity index (χ0) is 16.3. The van der Waals surface area contributed by atoms with Crippen molar-refractivity contribution < 1.29 is 9.84 Å². The summed E-state index contributed by atoms with van der Waals surface area (Å²) < 4.78 is 6.95. The largest absolute Gasteiger partial charge is 0.394 e. The summed E-state index contributed by atoms with van der Waals surface area (Å²) in [4.78, 5) is 18.9. The van der Waals surface area contributed by atoms with Crippen LogP contribution in [-0.4, -0.2) is 52.5 Å². The second-order valence-corrected chi connectivity index (χ2v) is 5.29. The Morgan fingerprint density at radius 2 is 2.41 bits per heavy atom. The lowest BCUT2D eigenvalue weighted by Gasteiger charge is -2.18. The molecule has 2 heterocycles. The van der Waals surface area contributed by atoms with Gasteiger partial charge in [-0.2, -0.15) is 4.98 Å². The minimum atomic E-state index is -0.618. The summed E-state index contributed by atoms with van der Waals surface area (Å²) >= 11 is 0. The molecule has 1 aromatic rings. The molecule has 1 unspecified atom stereocenters. The number of aliphatic hydroxyl groups excluding tert-OH is 1. The highest BCUT2D eigenvalue weighted by molar-refractivity contribution is 5.40. The maximum atomic E-state index is 12.2. The molecule has 0 radical (unpaired) electrons. The van der Waals surface area contributed by atoms with Crippen LogP contribution in [0.1, 0.15) is 18.2 Å². The molecule has 0 spiro atoms. The maximum absolute atomic E-state index is 12.2. The van der Waals surface area contributed by atoms with Gasteiger partial charge in [0, 0.05) is 37.2 Å². The Kier molecular flexibility index (Phi) is 4.99. The van der Waals surface area contributed by atoms with E-state index in [1.807, 2.05) is 6.92 Å². The van der Waals surface area contributed by atoms with Crippen molar-refractivity contribution in [2.24, 2.45) is 5.11 Å². The number of ether oxygens (including phenoxy) is 1. The number of aryl methyl sites for hydroxylation is 1. The van der Waals surface area contributed by atoms with Crippen LogP contribution in [0, 0.1) is 6.92 Å². The molecule has 120 valence electrons. The van der Waals surface area contributed by atoms with Crippen LogP contribution in [0.15, 0.2) is 16.1 Å². The van der Waals surface area contributed by atoms with Crippen molar-refractivity contribution in [1.82, 2.24) is 14.6 Å². The van der Waals surface area contributed by atoms with Gasteiger partial charge in [-0.3, -0.25) is 4.57 Å². The number of aromatic nitrogens is 2. The molecule has 3 atom stereocenters. The fourth-order valence-electron chi connectivity index (χ4n) is 2.34. The standard InChI is InChI=1S/C12H19N7O3/c1-7-5-19(12(21)14-11(7)16-18(2)3)10-4-8(15-17-13)9(6-20)22-10/h5,8-10,20H,4,6H2,1-3H3,(H,14,16,21)/t8?,9-,10-/m1/s1. The SMILES string of the molecule is Cc1cn([C@H]2CC(N=[N+]=[N-])[C@@H](CO)O2)c(=O)nc1NN(C)C.